The second kappa shape index (κ2) is 5.40. The zero-order valence-corrected chi connectivity index (χ0v) is 10.8. The highest BCUT2D eigenvalue weighted by Gasteiger charge is 2.28. The fourth-order valence-corrected chi connectivity index (χ4v) is 2.14. The van der Waals surface area contributed by atoms with Gasteiger partial charge in [-0.1, -0.05) is 12.1 Å². The van der Waals surface area contributed by atoms with Gasteiger partial charge in [0, 0.05) is 13.1 Å². The molecule has 2 atom stereocenters. The Morgan fingerprint density at radius 3 is 2.94 bits per heavy atom. The Morgan fingerprint density at radius 2 is 2.33 bits per heavy atom. The number of amides is 1. The van der Waals surface area contributed by atoms with Crippen molar-refractivity contribution >= 4 is 5.91 Å². The fraction of sp³-hybridized carbons (Fsp3) is 0.500. The van der Waals surface area contributed by atoms with Crippen molar-refractivity contribution in [2.75, 3.05) is 13.1 Å². The van der Waals surface area contributed by atoms with Crippen LogP contribution in [0.1, 0.15) is 18.9 Å². The Labute approximate surface area is 107 Å². The minimum atomic E-state index is -0.517. The average Bonchev–Trinajstić information content (AvgIpc) is 2.75. The van der Waals surface area contributed by atoms with E-state index in [2.05, 4.69) is 0 Å². The van der Waals surface area contributed by atoms with E-state index in [-0.39, 0.29) is 12.0 Å². The third-order valence-corrected chi connectivity index (χ3v) is 3.13. The molecular weight excluding hydrogens is 230 g/mol. The molecule has 4 heteroatoms. The van der Waals surface area contributed by atoms with Crippen molar-refractivity contribution in [3.8, 4) is 5.75 Å². The van der Waals surface area contributed by atoms with E-state index >= 15 is 0 Å². The van der Waals surface area contributed by atoms with Gasteiger partial charge >= 0.3 is 0 Å². The van der Waals surface area contributed by atoms with Gasteiger partial charge in [-0.3, -0.25) is 4.79 Å². The van der Waals surface area contributed by atoms with Crippen LogP contribution in [-0.4, -0.2) is 41.2 Å². The molecule has 98 valence electrons. The van der Waals surface area contributed by atoms with Crippen molar-refractivity contribution in [3.63, 3.8) is 0 Å². The number of aliphatic hydroxyl groups excluding tert-OH is 1. The predicted octanol–water partition coefficient (Wildman–Crippen LogP) is 1.36. The highest BCUT2D eigenvalue weighted by Crippen LogP contribution is 2.16. The van der Waals surface area contributed by atoms with Crippen molar-refractivity contribution in [2.45, 2.75) is 32.5 Å². The van der Waals surface area contributed by atoms with Gasteiger partial charge in [-0.15, -0.1) is 0 Å². The molecule has 1 heterocycles. The Balaban J connectivity index is 1.95. The number of aryl methyl sites for hydroxylation is 1. The lowest BCUT2D eigenvalue weighted by atomic mass is 10.2. The fourth-order valence-electron chi connectivity index (χ4n) is 2.14. The molecule has 0 radical (unpaired) electrons. The molecule has 1 aliphatic rings. The van der Waals surface area contributed by atoms with E-state index in [1.54, 1.807) is 11.8 Å². The molecule has 18 heavy (non-hydrogen) atoms. The number of likely N-dealkylation sites (tertiary alicyclic amines) is 1. The highest BCUT2D eigenvalue weighted by atomic mass is 16.5. The van der Waals surface area contributed by atoms with Gasteiger partial charge in [-0.05, 0) is 38.0 Å². The van der Waals surface area contributed by atoms with Crippen LogP contribution >= 0.6 is 0 Å². The van der Waals surface area contributed by atoms with Gasteiger partial charge in [0.2, 0.25) is 0 Å². The summed E-state index contributed by atoms with van der Waals surface area (Å²) >= 11 is 0. The summed E-state index contributed by atoms with van der Waals surface area (Å²) < 4.78 is 5.63. The van der Waals surface area contributed by atoms with E-state index in [1.165, 1.54) is 0 Å². The van der Waals surface area contributed by atoms with Crippen molar-refractivity contribution in [3.05, 3.63) is 29.8 Å². The summed E-state index contributed by atoms with van der Waals surface area (Å²) in [6, 6.07) is 7.63. The topological polar surface area (TPSA) is 49.8 Å². The standard InChI is InChI=1S/C14H19NO3/c1-10-4-3-5-13(8-10)18-11(2)14(17)15-7-6-12(16)9-15/h3-5,8,11-12,16H,6-7,9H2,1-2H3/t11?,12-/m0/s1. The summed E-state index contributed by atoms with van der Waals surface area (Å²) in [5.74, 6) is 0.642. The molecule has 1 N–H and O–H groups in total. The number of rotatable bonds is 3. The smallest absolute Gasteiger partial charge is 0.263 e. The molecular formula is C14H19NO3. The van der Waals surface area contributed by atoms with Crippen LogP contribution in [0.2, 0.25) is 0 Å². The maximum atomic E-state index is 12.1. The Morgan fingerprint density at radius 1 is 1.56 bits per heavy atom. The van der Waals surface area contributed by atoms with Crippen LogP contribution in [0.25, 0.3) is 0 Å². The Hall–Kier alpha value is -1.55. The second-order valence-electron chi connectivity index (χ2n) is 4.80. The lowest BCUT2D eigenvalue weighted by Crippen LogP contribution is -2.39. The third-order valence-electron chi connectivity index (χ3n) is 3.13. The first kappa shape index (κ1) is 12.9. The molecule has 1 amide bonds. The Bertz CT molecular complexity index is 433. The Kier molecular flexibility index (Phi) is 3.87. The number of benzene rings is 1. The molecule has 4 nitrogen and oxygen atoms in total. The number of aliphatic hydroxyl groups is 1. The van der Waals surface area contributed by atoms with Crippen LogP contribution in [0.5, 0.6) is 5.75 Å². The highest BCUT2D eigenvalue weighted by molar-refractivity contribution is 5.81. The van der Waals surface area contributed by atoms with Gasteiger partial charge in [-0.2, -0.15) is 0 Å². The third kappa shape index (κ3) is 3.01. The minimum Gasteiger partial charge on any atom is -0.481 e. The van der Waals surface area contributed by atoms with Gasteiger partial charge in [-0.25, -0.2) is 0 Å². The summed E-state index contributed by atoms with van der Waals surface area (Å²) in [5, 5.41) is 9.42. The molecule has 1 aromatic carbocycles. The van der Waals surface area contributed by atoms with Crippen LogP contribution in [0.15, 0.2) is 24.3 Å². The van der Waals surface area contributed by atoms with E-state index in [4.69, 9.17) is 4.74 Å². The van der Waals surface area contributed by atoms with E-state index in [0.29, 0.717) is 25.3 Å². The van der Waals surface area contributed by atoms with Crippen molar-refractivity contribution in [1.29, 1.82) is 0 Å². The normalized spacial score (nSPS) is 20.8. The largest absolute Gasteiger partial charge is 0.481 e. The number of β-amino-alcohol motifs (C(OH)–C–C–N with tert-alkyl or cyclic N) is 1. The summed E-state index contributed by atoms with van der Waals surface area (Å²) in [7, 11) is 0. The number of carbonyl (C=O) groups is 1. The van der Waals surface area contributed by atoms with Crippen LogP contribution in [0, 0.1) is 6.92 Å². The molecule has 0 saturated carbocycles. The van der Waals surface area contributed by atoms with E-state index in [9.17, 15) is 9.90 Å². The maximum Gasteiger partial charge on any atom is 0.263 e. The van der Waals surface area contributed by atoms with Crippen molar-refractivity contribution < 1.29 is 14.6 Å². The van der Waals surface area contributed by atoms with Gasteiger partial charge < -0.3 is 14.7 Å². The molecule has 0 aromatic heterocycles. The molecule has 1 unspecified atom stereocenters. The molecule has 0 bridgehead atoms. The number of hydrogen-bond acceptors (Lipinski definition) is 3. The van der Waals surface area contributed by atoms with Crippen LogP contribution < -0.4 is 4.74 Å². The minimum absolute atomic E-state index is 0.0620. The molecule has 1 aromatic rings. The molecule has 1 fully saturated rings. The van der Waals surface area contributed by atoms with Gasteiger partial charge in [0.15, 0.2) is 6.10 Å². The monoisotopic (exact) mass is 249 g/mol. The molecule has 1 saturated heterocycles. The number of hydrogen-bond donors (Lipinski definition) is 1. The lowest BCUT2D eigenvalue weighted by Gasteiger charge is -2.21. The second-order valence-corrected chi connectivity index (χ2v) is 4.80. The summed E-state index contributed by atoms with van der Waals surface area (Å²) in [5.41, 5.74) is 1.10. The van der Waals surface area contributed by atoms with Crippen LogP contribution in [0.3, 0.4) is 0 Å². The van der Waals surface area contributed by atoms with Crippen LogP contribution in [-0.2, 0) is 4.79 Å². The van der Waals surface area contributed by atoms with Crippen LogP contribution in [0.4, 0.5) is 0 Å². The predicted molar refractivity (Wildman–Crippen MR) is 68.5 cm³/mol. The van der Waals surface area contributed by atoms with E-state index < -0.39 is 6.10 Å². The van der Waals surface area contributed by atoms with E-state index in [1.807, 2.05) is 31.2 Å². The zero-order chi connectivity index (χ0) is 13.1. The number of carbonyl (C=O) groups excluding carboxylic acids is 1. The SMILES string of the molecule is Cc1cccc(OC(C)C(=O)N2CC[C@H](O)C2)c1. The van der Waals surface area contributed by atoms with E-state index in [0.717, 1.165) is 5.56 Å². The van der Waals surface area contributed by atoms with Gasteiger partial charge in [0.1, 0.15) is 5.75 Å². The first-order valence-electron chi connectivity index (χ1n) is 6.26. The number of ether oxygens (including phenoxy) is 1. The average molecular weight is 249 g/mol. The van der Waals surface area contributed by atoms with Crippen molar-refractivity contribution in [1.82, 2.24) is 4.90 Å². The quantitative estimate of drug-likeness (QED) is 0.880. The first-order valence-corrected chi connectivity index (χ1v) is 6.26. The van der Waals surface area contributed by atoms with Gasteiger partial charge in [0.05, 0.1) is 6.10 Å². The maximum absolute atomic E-state index is 12.1. The van der Waals surface area contributed by atoms with Gasteiger partial charge in [0.25, 0.3) is 5.91 Å². The zero-order valence-electron chi connectivity index (χ0n) is 10.8. The lowest BCUT2D eigenvalue weighted by molar-refractivity contribution is -0.137. The first-order chi connectivity index (χ1) is 8.56. The summed E-state index contributed by atoms with van der Waals surface area (Å²) in [6.45, 7) is 4.76. The van der Waals surface area contributed by atoms with Crippen molar-refractivity contribution in [2.24, 2.45) is 0 Å². The number of nitrogens with zero attached hydrogens (tertiary/aromatic N) is 1. The molecule has 0 aliphatic carbocycles. The summed E-state index contributed by atoms with van der Waals surface area (Å²) in [4.78, 5) is 13.7. The molecule has 0 spiro atoms. The molecule has 2 rings (SSSR count). The summed E-state index contributed by atoms with van der Waals surface area (Å²) in [6.07, 6.45) is -0.250. The molecule has 1 aliphatic heterocycles.